The summed E-state index contributed by atoms with van der Waals surface area (Å²) in [5, 5.41) is 9.85. The van der Waals surface area contributed by atoms with Crippen molar-refractivity contribution in [1.82, 2.24) is 9.97 Å². The highest BCUT2D eigenvalue weighted by Gasteiger charge is 2.15. The van der Waals surface area contributed by atoms with Crippen LogP contribution in [0.25, 0.3) is 0 Å². The maximum absolute atomic E-state index is 11.9. The minimum absolute atomic E-state index is 0.0787. The lowest BCUT2D eigenvalue weighted by Crippen LogP contribution is -2.27. The van der Waals surface area contributed by atoms with Crippen LogP contribution in [0.15, 0.2) is 32.8 Å². The molecule has 0 radical (unpaired) electrons. The molecule has 0 saturated carbocycles. The second-order valence-corrected chi connectivity index (χ2v) is 4.58. The Morgan fingerprint density at radius 1 is 1.22 bits per heavy atom. The van der Waals surface area contributed by atoms with Crippen LogP contribution in [0.2, 0.25) is 0 Å². The van der Waals surface area contributed by atoms with Crippen molar-refractivity contribution in [3.05, 3.63) is 44.6 Å². The van der Waals surface area contributed by atoms with Gasteiger partial charge in [0.25, 0.3) is 5.56 Å². The van der Waals surface area contributed by atoms with Crippen molar-refractivity contribution in [3.8, 4) is 17.4 Å². The summed E-state index contributed by atoms with van der Waals surface area (Å²) in [5.41, 5.74) is -0.795. The molecule has 8 nitrogen and oxygen atoms in total. The molecule has 0 spiro atoms. The van der Waals surface area contributed by atoms with Crippen molar-refractivity contribution in [3.63, 3.8) is 0 Å². The van der Waals surface area contributed by atoms with Gasteiger partial charge in [-0.1, -0.05) is 6.92 Å². The molecule has 2 aromatic rings. The second kappa shape index (κ2) is 6.82. The molecule has 0 unspecified atom stereocenters. The number of nitrogens with one attached hydrogen (secondary N) is 2. The van der Waals surface area contributed by atoms with Crippen molar-refractivity contribution >= 4 is 11.4 Å². The number of nitrogens with zero attached hydrogens (tertiary/aromatic N) is 1. The molecule has 122 valence electrons. The van der Waals surface area contributed by atoms with E-state index in [0.717, 1.165) is 0 Å². The average molecular weight is 319 g/mol. The summed E-state index contributed by atoms with van der Waals surface area (Å²) < 4.78 is 10.4. The summed E-state index contributed by atoms with van der Waals surface area (Å²) in [7, 11) is 3.02. The fraction of sp³-hybridized carbons (Fsp3) is 0.267. The lowest BCUT2D eigenvalue weighted by Gasteiger charge is -2.09. The van der Waals surface area contributed by atoms with E-state index in [2.05, 4.69) is 15.0 Å². The van der Waals surface area contributed by atoms with Crippen LogP contribution < -0.4 is 20.7 Å². The number of benzene rings is 1. The fourth-order valence-corrected chi connectivity index (χ4v) is 2.08. The van der Waals surface area contributed by atoms with E-state index in [1.807, 2.05) is 0 Å². The zero-order chi connectivity index (χ0) is 17.0. The number of aromatic amines is 2. The molecule has 0 aliphatic carbocycles. The minimum atomic E-state index is -0.784. The molecule has 3 N–H and O–H groups in total. The van der Waals surface area contributed by atoms with Crippen LogP contribution in [-0.2, 0) is 0 Å². The van der Waals surface area contributed by atoms with Crippen LogP contribution in [0.4, 0.5) is 5.69 Å². The molecule has 1 aromatic carbocycles. The topological polar surface area (TPSA) is 117 Å². The minimum Gasteiger partial charge on any atom is -0.497 e. The van der Waals surface area contributed by atoms with E-state index in [1.165, 1.54) is 14.2 Å². The molecule has 1 aromatic heterocycles. The number of aliphatic imine (C=N–C) groups is 1. The predicted molar refractivity (Wildman–Crippen MR) is 85.4 cm³/mol. The Hall–Kier alpha value is -3.03. The zero-order valence-electron chi connectivity index (χ0n) is 13.0. The van der Waals surface area contributed by atoms with Gasteiger partial charge in [0.1, 0.15) is 22.7 Å². The number of hydrogen-bond donors (Lipinski definition) is 3. The second-order valence-electron chi connectivity index (χ2n) is 4.58. The van der Waals surface area contributed by atoms with Gasteiger partial charge in [-0.15, -0.1) is 0 Å². The van der Waals surface area contributed by atoms with Gasteiger partial charge in [-0.25, -0.2) is 9.79 Å². The van der Waals surface area contributed by atoms with E-state index < -0.39 is 17.1 Å². The van der Waals surface area contributed by atoms with Gasteiger partial charge >= 0.3 is 5.69 Å². The molecular formula is C15H17N3O5. The summed E-state index contributed by atoms with van der Waals surface area (Å²) >= 11 is 0. The first kappa shape index (κ1) is 16.3. The number of methoxy groups -OCH3 is 2. The lowest BCUT2D eigenvalue weighted by molar-refractivity contribution is 0.395. The summed E-state index contributed by atoms with van der Waals surface area (Å²) in [6.07, 6.45) is 0.359. The first-order chi connectivity index (χ1) is 11.0. The van der Waals surface area contributed by atoms with E-state index in [9.17, 15) is 14.7 Å². The summed E-state index contributed by atoms with van der Waals surface area (Å²) in [6, 6.07) is 5.03. The van der Waals surface area contributed by atoms with Crippen LogP contribution in [0.5, 0.6) is 17.4 Å². The van der Waals surface area contributed by atoms with E-state index in [1.54, 1.807) is 25.1 Å². The smallest absolute Gasteiger partial charge is 0.328 e. The summed E-state index contributed by atoms with van der Waals surface area (Å²) in [5.74, 6) is 0.533. The van der Waals surface area contributed by atoms with Gasteiger partial charge in [-0.2, -0.15) is 0 Å². The summed E-state index contributed by atoms with van der Waals surface area (Å²) in [4.78, 5) is 31.7. The first-order valence-corrected chi connectivity index (χ1v) is 6.85. The Balaban J connectivity index is 2.61. The Kier molecular flexibility index (Phi) is 4.85. The number of hydrogen-bond acceptors (Lipinski definition) is 6. The average Bonchev–Trinajstić information content (AvgIpc) is 2.53. The Morgan fingerprint density at radius 3 is 2.52 bits per heavy atom. The van der Waals surface area contributed by atoms with Crippen LogP contribution in [0, 0.1) is 0 Å². The van der Waals surface area contributed by atoms with Gasteiger partial charge in [-0.05, 0) is 18.6 Å². The van der Waals surface area contributed by atoms with E-state index >= 15 is 0 Å². The van der Waals surface area contributed by atoms with Crippen molar-refractivity contribution in [1.29, 1.82) is 0 Å². The number of ether oxygens (including phenoxy) is 2. The summed E-state index contributed by atoms with van der Waals surface area (Å²) in [6.45, 7) is 1.78. The lowest BCUT2D eigenvalue weighted by atomic mass is 10.1. The van der Waals surface area contributed by atoms with Gasteiger partial charge in [0, 0.05) is 6.07 Å². The Labute approximate surface area is 131 Å². The maximum atomic E-state index is 11.9. The molecule has 0 amide bonds. The standard InChI is InChI=1S/C15H17N3O5/c1-4-9(12-13(19)17-15(21)18-14(12)20)16-10-6-5-8(22-2)7-11(10)23-3/h5-7H,4H2,1-3H3,(H3,17,18,19,20,21). The normalized spacial score (nSPS) is 11.3. The van der Waals surface area contributed by atoms with Gasteiger partial charge in [0.2, 0.25) is 5.88 Å². The fourth-order valence-electron chi connectivity index (χ4n) is 2.08. The molecule has 8 heteroatoms. The van der Waals surface area contributed by atoms with Crippen molar-refractivity contribution < 1.29 is 14.6 Å². The largest absolute Gasteiger partial charge is 0.497 e. The first-order valence-electron chi connectivity index (χ1n) is 6.85. The van der Waals surface area contributed by atoms with E-state index in [4.69, 9.17) is 9.47 Å². The monoisotopic (exact) mass is 319 g/mol. The Morgan fingerprint density at radius 2 is 1.96 bits per heavy atom. The van der Waals surface area contributed by atoms with E-state index in [0.29, 0.717) is 29.3 Å². The molecule has 0 bridgehead atoms. The van der Waals surface area contributed by atoms with Crippen molar-refractivity contribution in [2.24, 2.45) is 4.99 Å². The van der Waals surface area contributed by atoms with E-state index in [-0.39, 0.29) is 5.56 Å². The molecule has 2 rings (SSSR count). The molecule has 1 heterocycles. The molecular weight excluding hydrogens is 302 g/mol. The van der Waals surface area contributed by atoms with Gasteiger partial charge in [0.15, 0.2) is 0 Å². The van der Waals surface area contributed by atoms with Gasteiger partial charge < -0.3 is 14.6 Å². The van der Waals surface area contributed by atoms with Gasteiger partial charge in [0.05, 0.1) is 19.9 Å². The number of aromatic hydroxyl groups is 1. The van der Waals surface area contributed by atoms with Crippen LogP contribution >= 0.6 is 0 Å². The highest BCUT2D eigenvalue weighted by atomic mass is 16.5. The van der Waals surface area contributed by atoms with Crippen molar-refractivity contribution in [2.75, 3.05) is 14.2 Å². The molecule has 0 aliphatic rings. The third kappa shape index (κ3) is 3.42. The highest BCUT2D eigenvalue weighted by molar-refractivity contribution is 6.03. The molecule has 23 heavy (non-hydrogen) atoms. The van der Waals surface area contributed by atoms with Crippen LogP contribution in [-0.4, -0.2) is 35.0 Å². The molecule has 0 fully saturated rings. The SMILES string of the molecule is CCC(=Nc1ccc(OC)cc1OC)c1c(O)[nH]c(=O)[nH]c1=O. The van der Waals surface area contributed by atoms with Crippen molar-refractivity contribution in [2.45, 2.75) is 13.3 Å². The predicted octanol–water partition coefficient (Wildman–Crippen LogP) is 1.32. The molecule has 0 atom stereocenters. The third-order valence-corrected chi connectivity index (χ3v) is 3.19. The molecule has 0 saturated heterocycles. The quantitative estimate of drug-likeness (QED) is 0.719. The van der Waals surface area contributed by atoms with Crippen LogP contribution in [0.1, 0.15) is 18.9 Å². The van der Waals surface area contributed by atoms with Crippen LogP contribution in [0.3, 0.4) is 0 Å². The number of H-pyrrole nitrogens is 2. The number of rotatable bonds is 5. The maximum Gasteiger partial charge on any atom is 0.328 e. The highest BCUT2D eigenvalue weighted by Crippen LogP contribution is 2.32. The zero-order valence-corrected chi connectivity index (χ0v) is 13.0. The number of aromatic nitrogens is 2. The molecule has 0 aliphatic heterocycles. The Bertz CT molecular complexity index is 851. The third-order valence-electron chi connectivity index (χ3n) is 3.19. The van der Waals surface area contributed by atoms with Gasteiger partial charge in [-0.3, -0.25) is 14.8 Å².